The standard InChI is InChI=1S/C24H36N4O3/c1-18(2)31-23(30)27-12-9-19(16-27)15-26-13-10-24(11-14-26)17-28(22(29)25(3)4)21-8-6-5-7-20(21)24/h5-8,18-19H,9-17H2,1-4H3/t19-/m0/s1. The minimum atomic E-state index is -0.177. The van der Waals surface area contributed by atoms with Crippen LogP contribution in [0.4, 0.5) is 15.3 Å². The highest BCUT2D eigenvalue weighted by Crippen LogP contribution is 2.47. The van der Waals surface area contributed by atoms with Crippen molar-refractivity contribution in [1.82, 2.24) is 14.7 Å². The molecule has 31 heavy (non-hydrogen) atoms. The molecule has 4 rings (SSSR count). The van der Waals surface area contributed by atoms with Crippen molar-refractivity contribution in [2.45, 2.75) is 44.6 Å². The molecule has 1 atom stereocenters. The number of hydrogen-bond acceptors (Lipinski definition) is 4. The molecule has 7 nitrogen and oxygen atoms in total. The lowest BCUT2D eigenvalue weighted by Gasteiger charge is -2.40. The summed E-state index contributed by atoms with van der Waals surface area (Å²) < 4.78 is 5.35. The van der Waals surface area contributed by atoms with Crippen LogP contribution in [-0.2, 0) is 10.2 Å². The van der Waals surface area contributed by atoms with Gasteiger partial charge in [-0.15, -0.1) is 0 Å². The van der Waals surface area contributed by atoms with Crippen LogP contribution in [0.25, 0.3) is 0 Å². The number of benzene rings is 1. The molecule has 0 N–H and O–H groups in total. The van der Waals surface area contributed by atoms with E-state index in [1.807, 2.05) is 43.8 Å². The second kappa shape index (κ2) is 8.69. The molecule has 3 amide bonds. The zero-order chi connectivity index (χ0) is 22.2. The lowest BCUT2D eigenvalue weighted by atomic mass is 9.74. The molecule has 2 fully saturated rings. The van der Waals surface area contributed by atoms with Crippen LogP contribution < -0.4 is 4.90 Å². The van der Waals surface area contributed by atoms with Gasteiger partial charge in [0.25, 0.3) is 0 Å². The van der Waals surface area contributed by atoms with Crippen molar-refractivity contribution < 1.29 is 14.3 Å². The molecule has 7 heteroatoms. The normalized spacial score (nSPS) is 22.8. The summed E-state index contributed by atoms with van der Waals surface area (Å²) in [5.41, 5.74) is 2.46. The van der Waals surface area contributed by atoms with Crippen LogP contribution in [0, 0.1) is 5.92 Å². The van der Waals surface area contributed by atoms with Crippen LogP contribution in [-0.4, -0.2) is 86.3 Å². The Morgan fingerprint density at radius 2 is 1.87 bits per heavy atom. The van der Waals surface area contributed by atoms with E-state index in [2.05, 4.69) is 23.1 Å². The summed E-state index contributed by atoms with van der Waals surface area (Å²) in [7, 11) is 3.64. The monoisotopic (exact) mass is 428 g/mol. The fourth-order valence-electron chi connectivity index (χ4n) is 5.42. The van der Waals surface area contributed by atoms with E-state index in [1.54, 1.807) is 4.90 Å². The van der Waals surface area contributed by atoms with Gasteiger partial charge in [-0.05, 0) is 63.7 Å². The van der Waals surface area contributed by atoms with E-state index in [1.165, 1.54) is 5.56 Å². The minimum Gasteiger partial charge on any atom is -0.447 e. The summed E-state index contributed by atoms with van der Waals surface area (Å²) in [6.45, 7) is 9.24. The summed E-state index contributed by atoms with van der Waals surface area (Å²) in [6.07, 6.45) is 2.92. The number of para-hydroxylation sites is 1. The van der Waals surface area contributed by atoms with Crippen LogP contribution in [0.5, 0.6) is 0 Å². The van der Waals surface area contributed by atoms with Gasteiger partial charge in [-0.3, -0.25) is 4.90 Å². The second-order valence-corrected chi connectivity index (χ2v) is 9.89. The Morgan fingerprint density at radius 1 is 1.16 bits per heavy atom. The van der Waals surface area contributed by atoms with Crippen molar-refractivity contribution in [3.63, 3.8) is 0 Å². The molecule has 0 radical (unpaired) electrons. The van der Waals surface area contributed by atoms with Crippen LogP contribution >= 0.6 is 0 Å². The van der Waals surface area contributed by atoms with Crippen LogP contribution in [0.15, 0.2) is 24.3 Å². The largest absolute Gasteiger partial charge is 0.447 e. The predicted molar refractivity (Wildman–Crippen MR) is 122 cm³/mol. The smallest absolute Gasteiger partial charge is 0.410 e. The van der Waals surface area contributed by atoms with E-state index in [0.29, 0.717) is 5.92 Å². The number of likely N-dealkylation sites (tertiary alicyclic amines) is 2. The van der Waals surface area contributed by atoms with Crippen molar-refractivity contribution in [2.24, 2.45) is 5.92 Å². The van der Waals surface area contributed by atoms with Crippen LogP contribution in [0.1, 0.15) is 38.7 Å². The zero-order valence-corrected chi connectivity index (χ0v) is 19.3. The van der Waals surface area contributed by atoms with Gasteiger partial charge in [0.15, 0.2) is 0 Å². The number of carbonyl (C=O) groups excluding carboxylic acids is 2. The molecule has 0 bridgehead atoms. The first-order valence-corrected chi connectivity index (χ1v) is 11.6. The lowest BCUT2D eigenvalue weighted by Crippen LogP contribution is -2.48. The fourth-order valence-corrected chi connectivity index (χ4v) is 5.42. The van der Waals surface area contributed by atoms with E-state index in [0.717, 1.165) is 64.2 Å². The highest BCUT2D eigenvalue weighted by atomic mass is 16.6. The highest BCUT2D eigenvalue weighted by Gasteiger charge is 2.46. The molecule has 0 saturated carbocycles. The Balaban J connectivity index is 1.36. The zero-order valence-electron chi connectivity index (χ0n) is 19.3. The highest BCUT2D eigenvalue weighted by molar-refractivity contribution is 5.95. The first-order chi connectivity index (χ1) is 14.8. The SMILES string of the molecule is CC(C)OC(=O)N1CC[C@@H](CN2CCC3(CC2)CN(C(=O)N(C)C)c2ccccc23)C1. The number of fused-ring (bicyclic) bond motifs is 2. The minimum absolute atomic E-state index is 0.0571. The molecule has 0 unspecified atom stereocenters. The summed E-state index contributed by atoms with van der Waals surface area (Å²) in [5.74, 6) is 0.511. The van der Waals surface area contributed by atoms with Gasteiger partial charge in [-0.2, -0.15) is 0 Å². The summed E-state index contributed by atoms with van der Waals surface area (Å²) in [5, 5.41) is 0. The molecule has 2 saturated heterocycles. The number of anilines is 1. The fraction of sp³-hybridized carbons (Fsp3) is 0.667. The number of hydrogen-bond donors (Lipinski definition) is 0. The molecule has 170 valence electrons. The van der Waals surface area contributed by atoms with E-state index >= 15 is 0 Å². The van der Waals surface area contributed by atoms with E-state index in [-0.39, 0.29) is 23.6 Å². The summed E-state index contributed by atoms with van der Waals surface area (Å²) >= 11 is 0. The molecule has 3 aliphatic heterocycles. The Hall–Kier alpha value is -2.28. The number of urea groups is 1. The molecule has 3 aliphatic rings. The Bertz CT molecular complexity index is 817. The molecule has 0 aromatic heterocycles. The summed E-state index contributed by atoms with van der Waals surface area (Å²) in [6, 6.07) is 8.48. The number of piperidine rings is 1. The molecular formula is C24H36N4O3. The van der Waals surface area contributed by atoms with E-state index in [4.69, 9.17) is 4.74 Å². The van der Waals surface area contributed by atoms with Gasteiger partial charge >= 0.3 is 12.1 Å². The molecule has 1 aromatic carbocycles. The Labute approximate surface area is 185 Å². The van der Waals surface area contributed by atoms with Crippen molar-refractivity contribution in [2.75, 3.05) is 58.3 Å². The Morgan fingerprint density at radius 3 is 2.55 bits per heavy atom. The average Bonchev–Trinajstić information content (AvgIpc) is 3.33. The van der Waals surface area contributed by atoms with Gasteiger partial charge < -0.3 is 19.4 Å². The van der Waals surface area contributed by atoms with Gasteiger partial charge in [0.05, 0.1) is 6.10 Å². The first-order valence-electron chi connectivity index (χ1n) is 11.6. The topological polar surface area (TPSA) is 56.3 Å². The number of rotatable bonds is 3. The number of amides is 3. The third-order valence-corrected chi connectivity index (χ3v) is 7.05. The molecule has 0 aliphatic carbocycles. The van der Waals surface area contributed by atoms with Gasteiger partial charge in [-0.1, -0.05) is 18.2 Å². The average molecular weight is 429 g/mol. The maximum atomic E-state index is 12.8. The van der Waals surface area contributed by atoms with Crippen molar-refractivity contribution in [3.05, 3.63) is 29.8 Å². The summed E-state index contributed by atoms with van der Waals surface area (Å²) in [4.78, 5) is 33.0. The van der Waals surface area contributed by atoms with Crippen LogP contribution in [0.3, 0.4) is 0 Å². The van der Waals surface area contributed by atoms with Crippen molar-refractivity contribution in [3.8, 4) is 0 Å². The van der Waals surface area contributed by atoms with E-state index < -0.39 is 0 Å². The lowest BCUT2D eigenvalue weighted by molar-refractivity contribution is 0.0812. The molecule has 1 spiro atoms. The third-order valence-electron chi connectivity index (χ3n) is 7.05. The molecule has 3 heterocycles. The predicted octanol–water partition coefficient (Wildman–Crippen LogP) is 3.39. The van der Waals surface area contributed by atoms with Gasteiger partial charge in [0, 0.05) is 51.4 Å². The maximum Gasteiger partial charge on any atom is 0.410 e. The Kier molecular flexibility index (Phi) is 6.15. The quantitative estimate of drug-likeness (QED) is 0.741. The molecular weight excluding hydrogens is 392 g/mol. The first kappa shape index (κ1) is 21.9. The van der Waals surface area contributed by atoms with Gasteiger partial charge in [-0.25, -0.2) is 9.59 Å². The van der Waals surface area contributed by atoms with Gasteiger partial charge in [0.2, 0.25) is 0 Å². The van der Waals surface area contributed by atoms with Crippen molar-refractivity contribution >= 4 is 17.8 Å². The van der Waals surface area contributed by atoms with Gasteiger partial charge in [0.1, 0.15) is 0 Å². The number of ether oxygens (including phenoxy) is 1. The number of carbonyl (C=O) groups is 2. The molecule has 1 aromatic rings. The van der Waals surface area contributed by atoms with E-state index in [9.17, 15) is 9.59 Å². The van der Waals surface area contributed by atoms with Crippen LogP contribution in [0.2, 0.25) is 0 Å². The maximum absolute atomic E-state index is 12.8. The third kappa shape index (κ3) is 4.38. The number of nitrogens with zero attached hydrogens (tertiary/aromatic N) is 4. The van der Waals surface area contributed by atoms with Crippen molar-refractivity contribution in [1.29, 1.82) is 0 Å². The second-order valence-electron chi connectivity index (χ2n) is 9.89.